The number of hydrogen-bond acceptors (Lipinski definition) is 6. The zero-order chi connectivity index (χ0) is 13.4. The van der Waals surface area contributed by atoms with Gasteiger partial charge in [0.1, 0.15) is 0 Å². The number of carbonyl (C=O) groups is 2. The molecule has 0 saturated carbocycles. The van der Waals surface area contributed by atoms with Crippen LogP contribution in [0.25, 0.3) is 0 Å². The van der Waals surface area contributed by atoms with Gasteiger partial charge in [-0.3, -0.25) is 9.59 Å². The first kappa shape index (κ1) is 14.9. The number of ether oxygens (including phenoxy) is 2. The lowest BCUT2D eigenvalue weighted by Gasteiger charge is -2.30. The molecule has 1 rings (SSSR count). The smallest absolute Gasteiger partial charge is 0.307 e. The summed E-state index contributed by atoms with van der Waals surface area (Å²) in [6.07, 6.45) is 0.639. The molecule has 0 spiro atoms. The van der Waals surface area contributed by atoms with Crippen molar-refractivity contribution >= 4 is 11.9 Å². The molecule has 1 heterocycles. The van der Waals surface area contributed by atoms with Gasteiger partial charge in [0.25, 0.3) is 0 Å². The summed E-state index contributed by atoms with van der Waals surface area (Å²) >= 11 is 0. The number of piperazine rings is 1. The predicted molar refractivity (Wildman–Crippen MR) is 66.1 cm³/mol. The predicted octanol–water partition coefficient (Wildman–Crippen LogP) is -0.177. The van der Waals surface area contributed by atoms with Crippen molar-refractivity contribution in [3.63, 3.8) is 0 Å². The minimum atomic E-state index is -0.214. The molecule has 2 atom stereocenters. The van der Waals surface area contributed by atoms with E-state index in [0.29, 0.717) is 39.1 Å². The second-order valence-corrected chi connectivity index (χ2v) is 4.24. The zero-order valence-electron chi connectivity index (χ0n) is 11.0. The van der Waals surface area contributed by atoms with Gasteiger partial charge in [-0.25, -0.2) is 0 Å². The molecule has 0 aromatic rings. The molecule has 1 saturated heterocycles. The third kappa shape index (κ3) is 5.46. The SMILES string of the molecule is CCOC(=O)CC1CNCC(CC(=O)OCC)N1. The van der Waals surface area contributed by atoms with Crippen LogP contribution in [0.2, 0.25) is 0 Å². The van der Waals surface area contributed by atoms with E-state index >= 15 is 0 Å². The highest BCUT2D eigenvalue weighted by atomic mass is 16.5. The first-order chi connectivity index (χ1) is 8.65. The minimum Gasteiger partial charge on any atom is -0.466 e. The number of esters is 2. The van der Waals surface area contributed by atoms with Gasteiger partial charge >= 0.3 is 11.9 Å². The number of hydrogen-bond donors (Lipinski definition) is 2. The molecule has 1 fully saturated rings. The van der Waals surface area contributed by atoms with Crippen molar-refractivity contribution in [1.29, 1.82) is 0 Å². The summed E-state index contributed by atoms with van der Waals surface area (Å²) in [6, 6.07) is 0.0226. The fourth-order valence-electron chi connectivity index (χ4n) is 1.99. The molecule has 0 amide bonds. The topological polar surface area (TPSA) is 76.7 Å². The van der Waals surface area contributed by atoms with E-state index < -0.39 is 0 Å². The van der Waals surface area contributed by atoms with Crippen LogP contribution in [0.15, 0.2) is 0 Å². The molecule has 0 aromatic heterocycles. The molecule has 0 aliphatic carbocycles. The number of rotatable bonds is 6. The van der Waals surface area contributed by atoms with E-state index in [9.17, 15) is 9.59 Å². The van der Waals surface area contributed by atoms with Crippen LogP contribution in [0, 0.1) is 0 Å². The van der Waals surface area contributed by atoms with E-state index in [1.807, 2.05) is 0 Å². The molecule has 1 aliphatic rings. The Kier molecular flexibility index (Phi) is 6.67. The molecule has 104 valence electrons. The standard InChI is InChI=1S/C12H22N2O4/c1-3-17-11(15)5-9-7-13-8-10(14-9)6-12(16)18-4-2/h9-10,13-14H,3-8H2,1-2H3. The van der Waals surface area contributed by atoms with E-state index in [1.165, 1.54) is 0 Å². The molecule has 2 unspecified atom stereocenters. The Morgan fingerprint density at radius 3 is 1.83 bits per heavy atom. The average Bonchev–Trinajstić information content (AvgIpc) is 2.29. The van der Waals surface area contributed by atoms with Crippen LogP contribution in [-0.2, 0) is 19.1 Å². The van der Waals surface area contributed by atoms with Crippen LogP contribution in [0.4, 0.5) is 0 Å². The van der Waals surface area contributed by atoms with Crippen LogP contribution >= 0.6 is 0 Å². The Bertz CT molecular complexity index is 257. The average molecular weight is 258 g/mol. The molecule has 0 radical (unpaired) electrons. The fraction of sp³-hybridized carbons (Fsp3) is 0.833. The van der Waals surface area contributed by atoms with Crippen LogP contribution in [0.1, 0.15) is 26.7 Å². The lowest BCUT2D eigenvalue weighted by molar-refractivity contribution is -0.143. The van der Waals surface area contributed by atoms with Crippen molar-refractivity contribution in [3.05, 3.63) is 0 Å². The normalized spacial score (nSPS) is 23.4. The Labute approximate surface area is 107 Å². The summed E-state index contributed by atoms with van der Waals surface area (Å²) < 4.78 is 9.80. The minimum absolute atomic E-state index is 0.0113. The first-order valence-electron chi connectivity index (χ1n) is 6.43. The summed E-state index contributed by atoms with van der Waals surface area (Å²) in [5, 5.41) is 6.47. The lowest BCUT2D eigenvalue weighted by atomic mass is 10.1. The molecular formula is C12H22N2O4. The van der Waals surface area contributed by atoms with Crippen molar-refractivity contribution < 1.29 is 19.1 Å². The summed E-state index contributed by atoms with van der Waals surface area (Å²) in [5.41, 5.74) is 0. The van der Waals surface area contributed by atoms with Crippen LogP contribution in [-0.4, -0.2) is 50.3 Å². The molecule has 0 bridgehead atoms. The maximum atomic E-state index is 11.4. The molecular weight excluding hydrogens is 236 g/mol. The Hall–Kier alpha value is -1.14. The highest BCUT2D eigenvalue weighted by molar-refractivity contribution is 5.71. The summed E-state index contributed by atoms with van der Waals surface area (Å²) in [5.74, 6) is -0.429. The summed E-state index contributed by atoms with van der Waals surface area (Å²) in [7, 11) is 0. The third-order valence-corrected chi connectivity index (χ3v) is 2.69. The fourth-order valence-corrected chi connectivity index (χ4v) is 1.99. The number of nitrogens with one attached hydrogen (secondary N) is 2. The summed E-state index contributed by atoms with van der Waals surface area (Å²) in [4.78, 5) is 22.7. The van der Waals surface area contributed by atoms with Crippen LogP contribution in [0.3, 0.4) is 0 Å². The Balaban J connectivity index is 2.31. The molecule has 6 heteroatoms. The Morgan fingerprint density at radius 1 is 1.00 bits per heavy atom. The monoisotopic (exact) mass is 258 g/mol. The highest BCUT2D eigenvalue weighted by Gasteiger charge is 2.25. The van der Waals surface area contributed by atoms with E-state index in [-0.39, 0.29) is 24.0 Å². The zero-order valence-corrected chi connectivity index (χ0v) is 11.0. The van der Waals surface area contributed by atoms with Gasteiger partial charge < -0.3 is 20.1 Å². The molecule has 6 nitrogen and oxygen atoms in total. The van der Waals surface area contributed by atoms with Gasteiger partial charge in [0.05, 0.1) is 26.1 Å². The van der Waals surface area contributed by atoms with Crippen molar-refractivity contribution in [2.45, 2.75) is 38.8 Å². The molecule has 18 heavy (non-hydrogen) atoms. The van der Waals surface area contributed by atoms with Crippen molar-refractivity contribution in [2.75, 3.05) is 26.3 Å². The third-order valence-electron chi connectivity index (χ3n) is 2.69. The summed E-state index contributed by atoms with van der Waals surface area (Å²) in [6.45, 7) is 5.77. The van der Waals surface area contributed by atoms with E-state index in [1.54, 1.807) is 13.8 Å². The van der Waals surface area contributed by atoms with E-state index in [0.717, 1.165) is 0 Å². The Morgan fingerprint density at radius 2 is 1.44 bits per heavy atom. The first-order valence-corrected chi connectivity index (χ1v) is 6.43. The van der Waals surface area contributed by atoms with Gasteiger partial charge in [0.2, 0.25) is 0 Å². The van der Waals surface area contributed by atoms with Gasteiger partial charge in [0, 0.05) is 25.2 Å². The van der Waals surface area contributed by atoms with Gasteiger partial charge in [-0.2, -0.15) is 0 Å². The van der Waals surface area contributed by atoms with Crippen LogP contribution in [0.5, 0.6) is 0 Å². The van der Waals surface area contributed by atoms with Crippen molar-refractivity contribution in [2.24, 2.45) is 0 Å². The van der Waals surface area contributed by atoms with Gasteiger partial charge in [-0.05, 0) is 13.8 Å². The lowest BCUT2D eigenvalue weighted by Crippen LogP contribution is -2.56. The van der Waals surface area contributed by atoms with Crippen molar-refractivity contribution in [3.8, 4) is 0 Å². The second-order valence-electron chi connectivity index (χ2n) is 4.24. The highest BCUT2D eigenvalue weighted by Crippen LogP contribution is 2.04. The second kappa shape index (κ2) is 8.05. The van der Waals surface area contributed by atoms with Crippen LogP contribution < -0.4 is 10.6 Å². The van der Waals surface area contributed by atoms with Crippen molar-refractivity contribution in [1.82, 2.24) is 10.6 Å². The number of carbonyl (C=O) groups excluding carboxylic acids is 2. The molecule has 2 N–H and O–H groups in total. The van der Waals surface area contributed by atoms with E-state index in [2.05, 4.69) is 10.6 Å². The molecule has 0 aromatic carbocycles. The maximum absolute atomic E-state index is 11.4. The van der Waals surface area contributed by atoms with E-state index in [4.69, 9.17) is 9.47 Å². The quantitative estimate of drug-likeness (QED) is 0.644. The largest absolute Gasteiger partial charge is 0.466 e. The van der Waals surface area contributed by atoms with Gasteiger partial charge in [-0.15, -0.1) is 0 Å². The van der Waals surface area contributed by atoms with Gasteiger partial charge in [0.15, 0.2) is 0 Å². The maximum Gasteiger partial charge on any atom is 0.307 e. The molecule has 1 aliphatic heterocycles. The van der Waals surface area contributed by atoms with Gasteiger partial charge in [-0.1, -0.05) is 0 Å².